The topological polar surface area (TPSA) is 106 Å². The molecule has 10 nitrogen and oxygen atoms in total. The number of rotatable bonds is 9. The molecule has 0 saturated heterocycles. The van der Waals surface area contributed by atoms with Crippen LogP contribution in [0, 0.1) is 11.6 Å². The van der Waals surface area contributed by atoms with Gasteiger partial charge in [0.25, 0.3) is 0 Å². The second kappa shape index (κ2) is 16.4. The minimum atomic E-state index is -4.77. The van der Waals surface area contributed by atoms with E-state index >= 15 is 0 Å². The summed E-state index contributed by atoms with van der Waals surface area (Å²) in [6, 6.07) is 32.2. The fourth-order valence-corrected chi connectivity index (χ4v) is 5.71. The van der Waals surface area contributed by atoms with Crippen LogP contribution in [0.1, 0.15) is 6.92 Å². The molecule has 4 aromatic carbocycles. The highest BCUT2D eigenvalue weighted by Gasteiger charge is 2.31. The van der Waals surface area contributed by atoms with Crippen LogP contribution in [-0.2, 0) is 0 Å². The molecule has 4 heterocycles. The van der Waals surface area contributed by atoms with Gasteiger partial charge in [0.1, 0.15) is 45.9 Å². The van der Waals surface area contributed by atoms with E-state index in [2.05, 4.69) is 35.3 Å². The van der Waals surface area contributed by atoms with E-state index < -0.39 is 6.36 Å². The lowest BCUT2D eigenvalue weighted by Crippen LogP contribution is -2.17. The van der Waals surface area contributed by atoms with E-state index in [0.717, 1.165) is 33.8 Å². The minimum absolute atomic E-state index is 0.289. The molecule has 0 aliphatic heterocycles. The van der Waals surface area contributed by atoms with Gasteiger partial charge in [-0.15, -0.1) is 23.4 Å². The van der Waals surface area contributed by atoms with Crippen molar-refractivity contribution >= 4 is 0 Å². The molecule has 0 spiro atoms. The van der Waals surface area contributed by atoms with Gasteiger partial charge < -0.3 is 9.47 Å². The van der Waals surface area contributed by atoms with Crippen molar-refractivity contribution in [3.63, 3.8) is 0 Å². The molecule has 0 saturated carbocycles. The minimum Gasteiger partial charge on any atom is -0.494 e. The largest absolute Gasteiger partial charge is 0.573 e. The Balaban J connectivity index is 0.000000172. The predicted molar refractivity (Wildman–Crippen MR) is 198 cm³/mol. The van der Waals surface area contributed by atoms with E-state index in [0.29, 0.717) is 34.9 Å². The summed E-state index contributed by atoms with van der Waals surface area (Å²) >= 11 is 0. The van der Waals surface area contributed by atoms with E-state index in [1.54, 1.807) is 65.9 Å². The van der Waals surface area contributed by atoms with Crippen LogP contribution in [0.15, 0.2) is 146 Å². The molecule has 8 aromatic rings. The van der Waals surface area contributed by atoms with Crippen molar-refractivity contribution in [3.05, 3.63) is 158 Å². The normalized spacial score (nSPS) is 11.1. The first-order valence-corrected chi connectivity index (χ1v) is 17.0. The highest BCUT2D eigenvalue weighted by Crippen LogP contribution is 2.34. The van der Waals surface area contributed by atoms with Gasteiger partial charge in [0, 0.05) is 47.0 Å². The molecule has 0 aliphatic carbocycles. The first-order chi connectivity index (χ1) is 27.2. The smallest absolute Gasteiger partial charge is 0.494 e. The average molecular weight is 761 g/mol. The lowest BCUT2D eigenvalue weighted by Gasteiger charge is -2.11. The van der Waals surface area contributed by atoms with Gasteiger partial charge in [-0.05, 0) is 128 Å². The standard InChI is InChI=1S/C21H17FN4O.C20H12F4N4O/c1-2-27-19-9-7-18(8-10-19)26-21(16-11-13-23-14-12-16)20(24-25-26)15-3-5-17(22)6-4-15;21-15-3-1-13(2-4-15)18-19(14-9-11-25-12-10-14)28(27-26-18)16-5-7-17(8-6-16)29-20(22,23)24/h3-14H,2H2,1H3;1-12H. The second-order valence-corrected chi connectivity index (χ2v) is 11.9. The Morgan fingerprint density at radius 2 is 0.893 bits per heavy atom. The number of hydrogen-bond donors (Lipinski definition) is 0. The number of benzene rings is 4. The van der Waals surface area contributed by atoms with Gasteiger partial charge in [-0.3, -0.25) is 9.97 Å². The summed E-state index contributed by atoms with van der Waals surface area (Å²) < 4.78 is 76.5. The molecule has 0 N–H and O–H groups in total. The fourth-order valence-electron chi connectivity index (χ4n) is 5.71. The highest BCUT2D eigenvalue weighted by molar-refractivity contribution is 5.80. The molecule has 0 radical (unpaired) electrons. The van der Waals surface area contributed by atoms with Gasteiger partial charge in [0.05, 0.1) is 18.0 Å². The van der Waals surface area contributed by atoms with Crippen molar-refractivity contribution in [3.8, 4) is 67.9 Å². The monoisotopic (exact) mass is 760 g/mol. The zero-order valence-corrected chi connectivity index (χ0v) is 29.3. The molecule has 0 atom stereocenters. The number of aromatic nitrogens is 8. The number of nitrogens with zero attached hydrogens (tertiary/aromatic N) is 8. The maximum Gasteiger partial charge on any atom is 0.573 e. The van der Waals surface area contributed by atoms with Crippen molar-refractivity contribution in [2.75, 3.05) is 6.61 Å². The van der Waals surface area contributed by atoms with Gasteiger partial charge in [0.15, 0.2) is 0 Å². The number of ether oxygens (including phenoxy) is 2. The van der Waals surface area contributed by atoms with Crippen LogP contribution in [-0.4, -0.2) is 52.9 Å². The number of hydrogen-bond acceptors (Lipinski definition) is 8. The Hall–Kier alpha value is -7.29. The fraction of sp³-hybridized carbons (Fsp3) is 0.0732. The van der Waals surface area contributed by atoms with Crippen molar-refractivity contribution in [1.29, 1.82) is 0 Å². The Labute approximate surface area is 316 Å². The Bertz CT molecular complexity index is 2490. The summed E-state index contributed by atoms with van der Waals surface area (Å²) in [7, 11) is 0. The summed E-state index contributed by atoms with van der Waals surface area (Å²) in [5.41, 5.74) is 6.99. The maximum absolute atomic E-state index is 13.3. The molecule has 0 unspecified atom stereocenters. The SMILES string of the molecule is CCOc1ccc(-n2nnc(-c3ccc(F)cc3)c2-c2ccncc2)cc1.Fc1ccc(-c2nnn(-c3ccc(OC(F)(F)F)cc3)c2-c2ccncc2)cc1. The van der Waals surface area contributed by atoms with Gasteiger partial charge in [-0.2, -0.15) is 0 Å². The summed E-state index contributed by atoms with van der Waals surface area (Å²) in [6.45, 7) is 2.56. The predicted octanol–water partition coefficient (Wildman–Crippen LogP) is 9.57. The van der Waals surface area contributed by atoms with Crippen LogP contribution in [0.25, 0.3) is 56.4 Å². The molecule has 8 rings (SSSR count). The summed E-state index contributed by atoms with van der Waals surface area (Å²) in [4.78, 5) is 8.08. The van der Waals surface area contributed by atoms with E-state index in [-0.39, 0.29) is 17.4 Å². The van der Waals surface area contributed by atoms with Gasteiger partial charge >= 0.3 is 6.36 Å². The summed E-state index contributed by atoms with van der Waals surface area (Å²) in [5.74, 6) is -0.217. The molecule has 0 fully saturated rings. The van der Waals surface area contributed by atoms with E-state index in [9.17, 15) is 22.0 Å². The molecular formula is C41H29F5N8O2. The summed E-state index contributed by atoms with van der Waals surface area (Å²) in [5, 5.41) is 17.1. The molecule has 56 heavy (non-hydrogen) atoms. The van der Waals surface area contributed by atoms with Crippen molar-refractivity contribution in [2.24, 2.45) is 0 Å². The molecule has 15 heteroatoms. The molecule has 0 amide bonds. The number of halogens is 5. The third-order valence-corrected chi connectivity index (χ3v) is 8.19. The zero-order valence-electron chi connectivity index (χ0n) is 29.3. The van der Waals surface area contributed by atoms with Crippen LogP contribution in [0.2, 0.25) is 0 Å². The third-order valence-electron chi connectivity index (χ3n) is 8.19. The van der Waals surface area contributed by atoms with E-state index in [1.807, 2.05) is 43.3 Å². The van der Waals surface area contributed by atoms with Crippen LogP contribution in [0.3, 0.4) is 0 Å². The number of pyridine rings is 2. The molecular weight excluding hydrogens is 731 g/mol. The van der Waals surface area contributed by atoms with Crippen LogP contribution < -0.4 is 9.47 Å². The zero-order chi connectivity index (χ0) is 39.1. The molecule has 0 bridgehead atoms. The van der Waals surface area contributed by atoms with E-state index in [4.69, 9.17) is 4.74 Å². The Morgan fingerprint density at radius 3 is 1.27 bits per heavy atom. The van der Waals surface area contributed by atoms with Crippen molar-refractivity contribution < 1.29 is 31.4 Å². The van der Waals surface area contributed by atoms with Crippen LogP contribution in [0.4, 0.5) is 22.0 Å². The average Bonchev–Trinajstić information content (AvgIpc) is 3.86. The molecule has 0 aliphatic rings. The third kappa shape index (κ3) is 8.57. The van der Waals surface area contributed by atoms with Crippen molar-refractivity contribution in [2.45, 2.75) is 13.3 Å². The molecule has 4 aromatic heterocycles. The highest BCUT2D eigenvalue weighted by atomic mass is 19.4. The maximum atomic E-state index is 13.3. The second-order valence-electron chi connectivity index (χ2n) is 11.9. The van der Waals surface area contributed by atoms with Gasteiger partial charge in [0.2, 0.25) is 0 Å². The van der Waals surface area contributed by atoms with Crippen molar-refractivity contribution in [1.82, 2.24) is 40.0 Å². The van der Waals surface area contributed by atoms with Crippen LogP contribution in [0.5, 0.6) is 11.5 Å². The first-order valence-electron chi connectivity index (χ1n) is 17.0. The quantitative estimate of drug-likeness (QED) is 0.134. The Kier molecular flexibility index (Phi) is 10.8. The van der Waals surface area contributed by atoms with Gasteiger partial charge in [-0.25, -0.2) is 18.1 Å². The summed E-state index contributed by atoms with van der Waals surface area (Å²) in [6.07, 6.45) is 1.87. The number of alkyl halides is 3. The van der Waals surface area contributed by atoms with Crippen LogP contribution >= 0.6 is 0 Å². The lowest BCUT2D eigenvalue weighted by atomic mass is 10.1. The van der Waals surface area contributed by atoms with Gasteiger partial charge in [-0.1, -0.05) is 10.4 Å². The first kappa shape index (κ1) is 37.0. The lowest BCUT2D eigenvalue weighted by molar-refractivity contribution is -0.274. The van der Waals surface area contributed by atoms with E-state index in [1.165, 1.54) is 53.2 Å². The molecule has 280 valence electrons. The Morgan fingerprint density at radius 1 is 0.500 bits per heavy atom.